The highest BCUT2D eigenvalue weighted by molar-refractivity contribution is 6.07. The van der Waals surface area contributed by atoms with Crippen molar-refractivity contribution in [2.75, 3.05) is 0 Å². The van der Waals surface area contributed by atoms with Crippen LogP contribution in [0, 0.1) is 0 Å². The molecule has 2 N–H and O–H groups in total. The molecule has 0 aromatic rings. The van der Waals surface area contributed by atoms with Crippen molar-refractivity contribution in [3.8, 4) is 0 Å². The maximum absolute atomic E-state index is 5.57. The number of aliphatic imine (C=N–C) groups is 1. The molecule has 0 spiro atoms. The van der Waals surface area contributed by atoms with Gasteiger partial charge in [-0.25, -0.2) is 0 Å². The fourth-order valence-electron chi connectivity index (χ4n) is 0.556. The summed E-state index contributed by atoms with van der Waals surface area (Å²) in [6.45, 7) is 10.5. The Labute approximate surface area is 67.1 Å². The van der Waals surface area contributed by atoms with Gasteiger partial charge in [0.1, 0.15) is 0 Å². The van der Waals surface area contributed by atoms with Gasteiger partial charge < -0.3 is 5.73 Å². The second kappa shape index (κ2) is 5.23. The van der Waals surface area contributed by atoms with Crippen molar-refractivity contribution in [1.29, 1.82) is 0 Å². The zero-order chi connectivity index (χ0) is 8.69. The Morgan fingerprint density at radius 3 is 2.27 bits per heavy atom. The summed E-state index contributed by atoms with van der Waals surface area (Å²) in [7, 11) is 0. The van der Waals surface area contributed by atoms with E-state index in [0.717, 1.165) is 0 Å². The molecule has 0 bridgehead atoms. The van der Waals surface area contributed by atoms with Crippen LogP contribution in [0.5, 0.6) is 0 Å². The van der Waals surface area contributed by atoms with E-state index in [2.05, 4.69) is 24.7 Å². The highest BCUT2D eigenvalue weighted by Crippen LogP contribution is 1.92. The van der Waals surface area contributed by atoms with Gasteiger partial charge in [-0.3, -0.25) is 4.99 Å². The highest BCUT2D eigenvalue weighted by atomic mass is 14.7. The molecule has 0 radical (unpaired) electrons. The van der Waals surface area contributed by atoms with E-state index >= 15 is 0 Å². The second-order valence-electron chi connectivity index (χ2n) is 1.76. The molecule has 2 heteroatoms. The zero-order valence-corrected chi connectivity index (χ0v) is 6.46. The van der Waals surface area contributed by atoms with E-state index in [1.54, 1.807) is 18.2 Å². The summed E-state index contributed by atoms with van der Waals surface area (Å²) in [5, 5.41) is 0. The van der Waals surface area contributed by atoms with Gasteiger partial charge in [-0.15, -0.1) is 0 Å². The number of hydrogen-bond acceptors (Lipinski definition) is 2. The highest BCUT2D eigenvalue weighted by Gasteiger charge is 1.93. The molecule has 0 aromatic heterocycles. The third-order valence-corrected chi connectivity index (χ3v) is 1.02. The molecule has 0 aromatic carbocycles. The maximum Gasteiger partial charge on any atom is 0.0852 e. The average molecular weight is 148 g/mol. The van der Waals surface area contributed by atoms with Gasteiger partial charge in [0.25, 0.3) is 0 Å². The smallest absolute Gasteiger partial charge is 0.0852 e. The van der Waals surface area contributed by atoms with Crippen LogP contribution >= 0.6 is 0 Å². The summed E-state index contributed by atoms with van der Waals surface area (Å²) in [5.74, 6) is 0. The first-order valence-corrected chi connectivity index (χ1v) is 3.16. The Balaban J connectivity index is 4.63. The molecule has 0 saturated carbocycles. The van der Waals surface area contributed by atoms with Gasteiger partial charge in [0.15, 0.2) is 0 Å². The van der Waals surface area contributed by atoms with E-state index in [-0.39, 0.29) is 0 Å². The molecule has 0 rings (SSSR count). The Morgan fingerprint density at radius 2 is 1.91 bits per heavy atom. The zero-order valence-electron chi connectivity index (χ0n) is 6.46. The number of nitrogens with two attached hydrogens (primary N) is 1. The molecule has 0 heterocycles. The first kappa shape index (κ1) is 9.43. The summed E-state index contributed by atoms with van der Waals surface area (Å²) in [6.07, 6.45) is 6.24. The molecule has 0 saturated heterocycles. The summed E-state index contributed by atoms with van der Waals surface area (Å²) in [6, 6.07) is 0. The van der Waals surface area contributed by atoms with E-state index in [0.29, 0.717) is 11.4 Å². The van der Waals surface area contributed by atoms with Crippen LogP contribution in [0.4, 0.5) is 0 Å². The lowest BCUT2D eigenvalue weighted by molar-refractivity contribution is 1.44. The molecule has 0 aliphatic rings. The summed E-state index contributed by atoms with van der Waals surface area (Å²) in [4.78, 5) is 3.88. The predicted molar refractivity (Wildman–Crippen MR) is 50.3 cm³/mol. The van der Waals surface area contributed by atoms with Crippen LogP contribution in [-0.4, -0.2) is 5.71 Å². The van der Waals surface area contributed by atoms with Crippen molar-refractivity contribution >= 4 is 5.71 Å². The topological polar surface area (TPSA) is 38.4 Å². The van der Waals surface area contributed by atoms with Crippen molar-refractivity contribution in [2.24, 2.45) is 10.7 Å². The van der Waals surface area contributed by atoms with E-state index in [9.17, 15) is 0 Å². The first-order chi connectivity index (χ1) is 5.26. The summed E-state index contributed by atoms with van der Waals surface area (Å²) in [5.41, 5.74) is 6.71. The molecule has 0 amide bonds. The standard InChI is InChI=1S/C9H12N2/c1-4-7-8(10)9(5-2)11-6-3/h4-7H,1-3,10H2/b8-7+,11-9-. The van der Waals surface area contributed by atoms with Crippen LogP contribution in [0.3, 0.4) is 0 Å². The molecule has 2 nitrogen and oxygen atoms in total. The average Bonchev–Trinajstić information content (AvgIpc) is 2.00. The lowest BCUT2D eigenvalue weighted by Gasteiger charge is -1.96. The van der Waals surface area contributed by atoms with Gasteiger partial charge in [0.05, 0.1) is 11.4 Å². The first-order valence-electron chi connectivity index (χ1n) is 3.16. The third kappa shape index (κ3) is 3.20. The quantitative estimate of drug-likeness (QED) is 0.479. The number of hydrogen-bond donors (Lipinski definition) is 1. The van der Waals surface area contributed by atoms with Gasteiger partial charge in [0.2, 0.25) is 0 Å². The molecule has 0 unspecified atom stereocenters. The molecule has 0 atom stereocenters. The molecule has 0 fully saturated rings. The molecule has 0 aliphatic heterocycles. The minimum absolute atomic E-state index is 0.537. The van der Waals surface area contributed by atoms with Crippen molar-refractivity contribution < 1.29 is 0 Å². The van der Waals surface area contributed by atoms with Crippen LogP contribution in [-0.2, 0) is 0 Å². The number of rotatable bonds is 4. The van der Waals surface area contributed by atoms with E-state index < -0.39 is 0 Å². The van der Waals surface area contributed by atoms with Crippen LogP contribution in [0.15, 0.2) is 54.9 Å². The van der Waals surface area contributed by atoms with Crippen molar-refractivity contribution in [3.05, 3.63) is 49.9 Å². The third-order valence-electron chi connectivity index (χ3n) is 1.02. The molecular formula is C9H12N2. The van der Waals surface area contributed by atoms with Crippen LogP contribution in [0.1, 0.15) is 0 Å². The lowest BCUT2D eigenvalue weighted by atomic mass is 10.2. The largest absolute Gasteiger partial charge is 0.397 e. The number of allylic oxidation sites excluding steroid dienone is 3. The maximum atomic E-state index is 5.57. The summed E-state index contributed by atoms with van der Waals surface area (Å²) >= 11 is 0. The van der Waals surface area contributed by atoms with E-state index in [1.807, 2.05) is 0 Å². The van der Waals surface area contributed by atoms with Gasteiger partial charge in [-0.05, 0) is 12.2 Å². The summed E-state index contributed by atoms with van der Waals surface area (Å²) < 4.78 is 0. The Bertz CT molecular complexity index is 222. The monoisotopic (exact) mass is 148 g/mol. The number of nitrogens with zero attached hydrogens (tertiary/aromatic N) is 1. The van der Waals surface area contributed by atoms with Crippen LogP contribution < -0.4 is 5.73 Å². The Morgan fingerprint density at radius 1 is 1.27 bits per heavy atom. The Kier molecular flexibility index (Phi) is 4.49. The minimum atomic E-state index is 0.537. The molecule has 58 valence electrons. The Hall–Kier alpha value is -1.57. The predicted octanol–water partition coefficient (Wildman–Crippen LogP) is 1.79. The minimum Gasteiger partial charge on any atom is -0.397 e. The van der Waals surface area contributed by atoms with E-state index in [1.165, 1.54) is 6.20 Å². The normalized spacial score (nSPS) is 12.4. The van der Waals surface area contributed by atoms with Crippen molar-refractivity contribution in [2.45, 2.75) is 0 Å². The van der Waals surface area contributed by atoms with Gasteiger partial charge in [0, 0.05) is 6.20 Å². The molecule has 0 aliphatic carbocycles. The molecular weight excluding hydrogens is 136 g/mol. The fraction of sp³-hybridized carbons (Fsp3) is 0. The van der Waals surface area contributed by atoms with Gasteiger partial charge in [-0.2, -0.15) is 0 Å². The van der Waals surface area contributed by atoms with Gasteiger partial charge in [-0.1, -0.05) is 25.8 Å². The fourth-order valence-corrected chi connectivity index (χ4v) is 0.556. The van der Waals surface area contributed by atoms with Crippen molar-refractivity contribution in [1.82, 2.24) is 0 Å². The second-order valence-corrected chi connectivity index (χ2v) is 1.76. The van der Waals surface area contributed by atoms with Crippen LogP contribution in [0.2, 0.25) is 0 Å². The SMILES string of the molecule is C=C/C=C(N)\C(C=C)=N/C=C. The van der Waals surface area contributed by atoms with Gasteiger partial charge >= 0.3 is 0 Å². The molecule has 11 heavy (non-hydrogen) atoms. The van der Waals surface area contributed by atoms with E-state index in [4.69, 9.17) is 5.73 Å². The van der Waals surface area contributed by atoms with Crippen molar-refractivity contribution in [3.63, 3.8) is 0 Å². The lowest BCUT2D eigenvalue weighted by Crippen LogP contribution is -2.07. The van der Waals surface area contributed by atoms with Crippen LogP contribution in [0.25, 0.3) is 0 Å².